The lowest BCUT2D eigenvalue weighted by Crippen LogP contribution is -2.37. The van der Waals surface area contributed by atoms with Gasteiger partial charge in [0.1, 0.15) is 0 Å². The van der Waals surface area contributed by atoms with E-state index < -0.39 is 0 Å². The molecule has 1 aliphatic heterocycles. The van der Waals surface area contributed by atoms with E-state index in [0.29, 0.717) is 19.1 Å². The van der Waals surface area contributed by atoms with E-state index in [-0.39, 0.29) is 0 Å². The first-order valence-electron chi connectivity index (χ1n) is 5.31. The quantitative estimate of drug-likeness (QED) is 0.615. The molecule has 1 saturated heterocycles. The van der Waals surface area contributed by atoms with Crippen LogP contribution in [-0.4, -0.2) is 48.0 Å². The van der Waals surface area contributed by atoms with Crippen molar-refractivity contribution in [2.75, 3.05) is 32.8 Å². The van der Waals surface area contributed by atoms with Gasteiger partial charge in [0, 0.05) is 19.8 Å². The van der Waals surface area contributed by atoms with Gasteiger partial charge in [-0.25, -0.2) is 0 Å². The number of aliphatic hydroxyl groups excluding tert-OH is 2. The minimum absolute atomic E-state index is 0.303. The summed E-state index contributed by atoms with van der Waals surface area (Å²) in [5.41, 5.74) is 0. The minimum atomic E-state index is 0.303. The smallest absolute Gasteiger partial charge is 0.0471 e. The molecule has 1 heterocycles. The van der Waals surface area contributed by atoms with Crippen molar-refractivity contribution < 1.29 is 10.2 Å². The highest BCUT2D eigenvalue weighted by Crippen LogP contribution is 2.15. The monoisotopic (exact) mass is 187 g/mol. The molecule has 0 bridgehead atoms. The minimum Gasteiger partial charge on any atom is -0.396 e. The number of rotatable bonds is 5. The highest BCUT2D eigenvalue weighted by atomic mass is 16.3. The van der Waals surface area contributed by atoms with Crippen molar-refractivity contribution in [2.24, 2.45) is 5.92 Å². The molecule has 1 fully saturated rings. The van der Waals surface area contributed by atoms with Gasteiger partial charge in [-0.15, -0.1) is 0 Å². The van der Waals surface area contributed by atoms with Crippen molar-refractivity contribution >= 4 is 0 Å². The van der Waals surface area contributed by atoms with Crippen LogP contribution in [0.5, 0.6) is 0 Å². The lowest BCUT2D eigenvalue weighted by Gasteiger charge is -2.31. The SMILES string of the molecule is OCCCCN1CCCC(CO)C1. The summed E-state index contributed by atoms with van der Waals surface area (Å²) < 4.78 is 0. The average molecular weight is 187 g/mol. The maximum atomic E-state index is 9.01. The molecule has 1 aliphatic rings. The number of likely N-dealkylation sites (tertiary alicyclic amines) is 1. The standard InChI is InChI=1S/C10H21NO2/c12-7-2-1-5-11-6-3-4-10(8-11)9-13/h10,12-13H,1-9H2. The molecule has 0 saturated carbocycles. The Morgan fingerprint density at radius 2 is 2.08 bits per heavy atom. The first kappa shape index (κ1) is 11.0. The molecule has 1 atom stereocenters. The van der Waals surface area contributed by atoms with E-state index in [9.17, 15) is 0 Å². The second-order valence-electron chi connectivity index (χ2n) is 3.92. The highest BCUT2D eigenvalue weighted by molar-refractivity contribution is 4.71. The summed E-state index contributed by atoms with van der Waals surface area (Å²) in [6, 6.07) is 0. The van der Waals surface area contributed by atoms with Crippen molar-refractivity contribution in [3.8, 4) is 0 Å². The summed E-state index contributed by atoms with van der Waals surface area (Å²) in [5, 5.41) is 17.6. The first-order valence-corrected chi connectivity index (χ1v) is 5.31. The van der Waals surface area contributed by atoms with Crippen molar-refractivity contribution in [3.05, 3.63) is 0 Å². The third kappa shape index (κ3) is 4.07. The lowest BCUT2D eigenvalue weighted by molar-refractivity contribution is 0.117. The molecule has 0 aromatic rings. The first-order chi connectivity index (χ1) is 6.36. The summed E-state index contributed by atoms with van der Waals surface area (Å²) >= 11 is 0. The topological polar surface area (TPSA) is 43.7 Å². The number of nitrogens with zero attached hydrogens (tertiary/aromatic N) is 1. The number of piperidine rings is 1. The predicted molar refractivity (Wildman–Crippen MR) is 52.6 cm³/mol. The van der Waals surface area contributed by atoms with Gasteiger partial charge < -0.3 is 15.1 Å². The molecule has 0 amide bonds. The van der Waals surface area contributed by atoms with Crippen LogP contribution in [0.25, 0.3) is 0 Å². The molecule has 2 N–H and O–H groups in total. The van der Waals surface area contributed by atoms with E-state index in [2.05, 4.69) is 4.90 Å². The van der Waals surface area contributed by atoms with E-state index in [1.807, 2.05) is 0 Å². The maximum absolute atomic E-state index is 9.01. The Labute approximate surface area is 80.4 Å². The van der Waals surface area contributed by atoms with Crippen LogP contribution in [-0.2, 0) is 0 Å². The average Bonchev–Trinajstić information content (AvgIpc) is 2.19. The Hall–Kier alpha value is -0.120. The van der Waals surface area contributed by atoms with Gasteiger partial charge in [-0.05, 0) is 44.7 Å². The zero-order valence-electron chi connectivity index (χ0n) is 8.28. The van der Waals surface area contributed by atoms with E-state index in [0.717, 1.165) is 25.9 Å². The van der Waals surface area contributed by atoms with Gasteiger partial charge in [0.05, 0.1) is 0 Å². The van der Waals surface area contributed by atoms with Crippen LogP contribution >= 0.6 is 0 Å². The summed E-state index contributed by atoms with van der Waals surface area (Å²) in [4.78, 5) is 2.40. The van der Waals surface area contributed by atoms with Gasteiger partial charge in [0.2, 0.25) is 0 Å². The van der Waals surface area contributed by atoms with Crippen LogP contribution < -0.4 is 0 Å². The molecule has 0 aliphatic carbocycles. The largest absolute Gasteiger partial charge is 0.396 e. The van der Waals surface area contributed by atoms with Crippen LogP contribution in [0.3, 0.4) is 0 Å². The number of hydrogen-bond acceptors (Lipinski definition) is 3. The molecule has 0 spiro atoms. The maximum Gasteiger partial charge on any atom is 0.0471 e. The molecule has 1 rings (SSSR count). The van der Waals surface area contributed by atoms with Crippen molar-refractivity contribution in [1.29, 1.82) is 0 Å². The molecule has 13 heavy (non-hydrogen) atoms. The molecule has 3 heteroatoms. The lowest BCUT2D eigenvalue weighted by atomic mass is 9.99. The molecule has 0 aromatic carbocycles. The normalized spacial score (nSPS) is 24.9. The van der Waals surface area contributed by atoms with Gasteiger partial charge >= 0.3 is 0 Å². The summed E-state index contributed by atoms with van der Waals surface area (Å²) in [6.45, 7) is 3.93. The Balaban J connectivity index is 2.11. The van der Waals surface area contributed by atoms with Crippen LogP contribution in [0.4, 0.5) is 0 Å². The molecule has 1 unspecified atom stereocenters. The van der Waals surface area contributed by atoms with Gasteiger partial charge in [-0.3, -0.25) is 0 Å². The third-order valence-corrected chi connectivity index (χ3v) is 2.74. The van der Waals surface area contributed by atoms with Crippen molar-refractivity contribution in [2.45, 2.75) is 25.7 Å². The molecular formula is C10H21NO2. The molecular weight excluding hydrogens is 166 g/mol. The predicted octanol–water partition coefficient (Wildman–Crippen LogP) is 0.463. The summed E-state index contributed by atoms with van der Waals surface area (Å²) in [5.74, 6) is 0.489. The second-order valence-corrected chi connectivity index (χ2v) is 3.92. The van der Waals surface area contributed by atoms with E-state index >= 15 is 0 Å². The Bertz CT molecular complexity index is 130. The molecule has 0 aromatic heterocycles. The van der Waals surface area contributed by atoms with Gasteiger partial charge in [-0.2, -0.15) is 0 Å². The molecule has 78 valence electrons. The van der Waals surface area contributed by atoms with E-state index in [1.165, 1.54) is 19.4 Å². The van der Waals surface area contributed by atoms with E-state index in [1.54, 1.807) is 0 Å². The highest BCUT2D eigenvalue weighted by Gasteiger charge is 2.18. The van der Waals surface area contributed by atoms with Crippen molar-refractivity contribution in [3.63, 3.8) is 0 Å². The molecule has 3 nitrogen and oxygen atoms in total. The summed E-state index contributed by atoms with van der Waals surface area (Å²) in [6.07, 6.45) is 4.37. The van der Waals surface area contributed by atoms with Crippen LogP contribution in [0, 0.1) is 5.92 Å². The fourth-order valence-corrected chi connectivity index (χ4v) is 1.95. The number of hydrogen-bond donors (Lipinski definition) is 2. The Morgan fingerprint density at radius 3 is 2.77 bits per heavy atom. The number of aliphatic hydroxyl groups is 2. The summed E-state index contributed by atoms with van der Waals surface area (Å²) in [7, 11) is 0. The fraction of sp³-hybridized carbons (Fsp3) is 1.00. The third-order valence-electron chi connectivity index (χ3n) is 2.74. The Kier molecular flexibility index (Phi) is 5.35. The fourth-order valence-electron chi connectivity index (χ4n) is 1.95. The van der Waals surface area contributed by atoms with Crippen LogP contribution in [0.2, 0.25) is 0 Å². The van der Waals surface area contributed by atoms with E-state index in [4.69, 9.17) is 10.2 Å². The second kappa shape index (κ2) is 6.35. The van der Waals surface area contributed by atoms with Gasteiger partial charge in [0.15, 0.2) is 0 Å². The zero-order valence-corrected chi connectivity index (χ0v) is 8.28. The number of unbranched alkanes of at least 4 members (excludes halogenated alkanes) is 1. The van der Waals surface area contributed by atoms with Crippen LogP contribution in [0.15, 0.2) is 0 Å². The molecule has 0 radical (unpaired) electrons. The Morgan fingerprint density at radius 1 is 1.23 bits per heavy atom. The van der Waals surface area contributed by atoms with Gasteiger partial charge in [0.25, 0.3) is 0 Å². The van der Waals surface area contributed by atoms with Crippen LogP contribution in [0.1, 0.15) is 25.7 Å². The zero-order chi connectivity index (χ0) is 9.52. The van der Waals surface area contributed by atoms with Gasteiger partial charge in [-0.1, -0.05) is 0 Å². The van der Waals surface area contributed by atoms with Crippen molar-refractivity contribution in [1.82, 2.24) is 4.90 Å².